The number of amides is 1. The topological polar surface area (TPSA) is 69.9 Å². The third-order valence-electron chi connectivity index (χ3n) is 4.36. The van der Waals surface area contributed by atoms with Crippen molar-refractivity contribution in [3.63, 3.8) is 0 Å². The summed E-state index contributed by atoms with van der Waals surface area (Å²) in [4.78, 5) is 12.6. The maximum atomic E-state index is 12.6. The van der Waals surface area contributed by atoms with Gasteiger partial charge in [-0.25, -0.2) is 0 Å². The molecule has 0 fully saturated rings. The molecule has 3 rings (SSSR count). The SMILES string of the molecule is CCCOc1ccc(NC(=O)Cc2coc3cc(OC)ccc23)cc1OCCC. The molecular formula is C23H27NO5. The molecule has 154 valence electrons. The first kappa shape index (κ1) is 20.6. The highest BCUT2D eigenvalue weighted by molar-refractivity contribution is 5.95. The Balaban J connectivity index is 1.71. The van der Waals surface area contributed by atoms with E-state index in [4.69, 9.17) is 18.6 Å². The predicted octanol–water partition coefficient (Wildman–Crippen LogP) is 5.20. The van der Waals surface area contributed by atoms with Gasteiger partial charge in [0.15, 0.2) is 11.5 Å². The maximum absolute atomic E-state index is 12.6. The molecule has 0 bridgehead atoms. The molecule has 0 aliphatic heterocycles. The molecule has 1 N–H and O–H groups in total. The van der Waals surface area contributed by atoms with Crippen LogP contribution in [0, 0.1) is 0 Å². The first-order chi connectivity index (χ1) is 14.1. The molecule has 1 heterocycles. The molecule has 1 amide bonds. The molecule has 1 aromatic heterocycles. The second kappa shape index (κ2) is 9.87. The molecular weight excluding hydrogens is 370 g/mol. The lowest BCUT2D eigenvalue weighted by atomic mass is 10.1. The second-order valence-electron chi connectivity index (χ2n) is 6.71. The van der Waals surface area contributed by atoms with Crippen LogP contribution >= 0.6 is 0 Å². The van der Waals surface area contributed by atoms with Gasteiger partial charge >= 0.3 is 0 Å². The Bertz CT molecular complexity index is 963. The average molecular weight is 397 g/mol. The molecule has 2 aromatic carbocycles. The highest BCUT2D eigenvalue weighted by Crippen LogP contribution is 2.31. The zero-order valence-electron chi connectivity index (χ0n) is 17.1. The van der Waals surface area contributed by atoms with Crippen molar-refractivity contribution < 1.29 is 23.4 Å². The number of hydrogen-bond acceptors (Lipinski definition) is 5. The smallest absolute Gasteiger partial charge is 0.228 e. The number of furan rings is 1. The minimum Gasteiger partial charge on any atom is -0.497 e. The van der Waals surface area contributed by atoms with Crippen molar-refractivity contribution in [2.45, 2.75) is 33.1 Å². The minimum atomic E-state index is -0.132. The van der Waals surface area contributed by atoms with Crippen molar-refractivity contribution in [2.75, 3.05) is 25.6 Å². The van der Waals surface area contributed by atoms with Gasteiger partial charge in [0.2, 0.25) is 5.91 Å². The number of ether oxygens (including phenoxy) is 3. The van der Waals surface area contributed by atoms with Crippen LogP contribution in [0.3, 0.4) is 0 Å². The first-order valence-corrected chi connectivity index (χ1v) is 9.88. The van der Waals surface area contributed by atoms with E-state index in [1.165, 1.54) is 0 Å². The van der Waals surface area contributed by atoms with Crippen LogP contribution in [0.25, 0.3) is 11.0 Å². The normalized spacial score (nSPS) is 10.7. The zero-order chi connectivity index (χ0) is 20.6. The van der Waals surface area contributed by atoms with E-state index < -0.39 is 0 Å². The van der Waals surface area contributed by atoms with Crippen molar-refractivity contribution in [2.24, 2.45) is 0 Å². The lowest BCUT2D eigenvalue weighted by molar-refractivity contribution is -0.115. The van der Waals surface area contributed by atoms with Gasteiger partial charge in [-0.15, -0.1) is 0 Å². The molecule has 0 radical (unpaired) electrons. The summed E-state index contributed by atoms with van der Waals surface area (Å²) >= 11 is 0. The van der Waals surface area contributed by atoms with Gasteiger partial charge in [-0.3, -0.25) is 4.79 Å². The third kappa shape index (κ3) is 5.22. The number of methoxy groups -OCH3 is 1. The Morgan fingerprint density at radius 2 is 1.76 bits per heavy atom. The fraction of sp³-hybridized carbons (Fsp3) is 0.348. The van der Waals surface area contributed by atoms with Crippen molar-refractivity contribution in [3.8, 4) is 17.2 Å². The monoisotopic (exact) mass is 397 g/mol. The van der Waals surface area contributed by atoms with Crippen molar-refractivity contribution >= 4 is 22.6 Å². The number of hydrogen-bond donors (Lipinski definition) is 1. The molecule has 0 aliphatic rings. The Morgan fingerprint density at radius 1 is 1.00 bits per heavy atom. The van der Waals surface area contributed by atoms with Crippen LogP contribution in [0.5, 0.6) is 17.2 Å². The molecule has 0 atom stereocenters. The number of fused-ring (bicyclic) bond motifs is 1. The van der Waals surface area contributed by atoms with Gasteiger partial charge in [0.1, 0.15) is 11.3 Å². The van der Waals surface area contributed by atoms with Crippen LogP contribution < -0.4 is 19.5 Å². The molecule has 0 saturated heterocycles. The Morgan fingerprint density at radius 3 is 2.48 bits per heavy atom. The van der Waals surface area contributed by atoms with Crippen LogP contribution in [-0.4, -0.2) is 26.2 Å². The first-order valence-electron chi connectivity index (χ1n) is 9.88. The Kier molecular flexibility index (Phi) is 7.00. The molecule has 0 spiro atoms. The van der Waals surface area contributed by atoms with Crippen LogP contribution in [0.15, 0.2) is 47.1 Å². The fourth-order valence-corrected chi connectivity index (χ4v) is 2.95. The number of anilines is 1. The van der Waals surface area contributed by atoms with E-state index in [1.807, 2.05) is 37.3 Å². The molecule has 0 saturated carbocycles. The summed E-state index contributed by atoms with van der Waals surface area (Å²) in [5, 5.41) is 3.83. The van der Waals surface area contributed by atoms with E-state index in [9.17, 15) is 4.79 Å². The van der Waals surface area contributed by atoms with Crippen LogP contribution in [0.4, 0.5) is 5.69 Å². The fourth-order valence-electron chi connectivity index (χ4n) is 2.95. The summed E-state index contributed by atoms with van der Waals surface area (Å²) in [6.45, 7) is 5.30. The highest BCUT2D eigenvalue weighted by Gasteiger charge is 2.13. The van der Waals surface area contributed by atoms with Gasteiger partial charge in [-0.2, -0.15) is 0 Å². The van der Waals surface area contributed by atoms with Gasteiger partial charge in [0, 0.05) is 28.8 Å². The van der Waals surface area contributed by atoms with E-state index in [2.05, 4.69) is 12.2 Å². The van der Waals surface area contributed by atoms with E-state index in [-0.39, 0.29) is 12.3 Å². The number of carbonyl (C=O) groups excluding carboxylic acids is 1. The van der Waals surface area contributed by atoms with Gasteiger partial charge in [0.05, 0.1) is 33.0 Å². The molecule has 6 heteroatoms. The van der Waals surface area contributed by atoms with Crippen molar-refractivity contribution in [3.05, 3.63) is 48.2 Å². The van der Waals surface area contributed by atoms with Crippen LogP contribution in [-0.2, 0) is 11.2 Å². The number of rotatable bonds is 10. The summed E-state index contributed by atoms with van der Waals surface area (Å²) in [5.41, 5.74) is 2.18. The lowest BCUT2D eigenvalue weighted by Crippen LogP contribution is -2.14. The van der Waals surface area contributed by atoms with Gasteiger partial charge < -0.3 is 23.9 Å². The van der Waals surface area contributed by atoms with E-state index in [1.54, 1.807) is 19.4 Å². The lowest BCUT2D eigenvalue weighted by Gasteiger charge is -2.14. The van der Waals surface area contributed by atoms with Gasteiger partial charge in [0.25, 0.3) is 0 Å². The quantitative estimate of drug-likeness (QED) is 0.509. The van der Waals surface area contributed by atoms with Crippen LogP contribution in [0.2, 0.25) is 0 Å². The summed E-state index contributed by atoms with van der Waals surface area (Å²) in [6, 6.07) is 11.0. The average Bonchev–Trinajstić information content (AvgIpc) is 3.13. The highest BCUT2D eigenvalue weighted by atomic mass is 16.5. The van der Waals surface area contributed by atoms with E-state index in [0.29, 0.717) is 41.7 Å². The predicted molar refractivity (Wildman–Crippen MR) is 113 cm³/mol. The maximum Gasteiger partial charge on any atom is 0.228 e. The summed E-state index contributed by atoms with van der Waals surface area (Å²) < 4.78 is 22.3. The van der Waals surface area contributed by atoms with Crippen LogP contribution in [0.1, 0.15) is 32.3 Å². The van der Waals surface area contributed by atoms with Gasteiger partial charge in [-0.1, -0.05) is 13.8 Å². The Labute approximate surface area is 170 Å². The van der Waals surface area contributed by atoms with Crippen molar-refractivity contribution in [1.29, 1.82) is 0 Å². The minimum absolute atomic E-state index is 0.132. The van der Waals surface area contributed by atoms with E-state index >= 15 is 0 Å². The van der Waals surface area contributed by atoms with Gasteiger partial charge in [-0.05, 0) is 37.1 Å². The number of carbonyl (C=O) groups is 1. The number of benzene rings is 2. The standard InChI is InChI=1S/C23H27NO5/c1-4-10-27-20-9-6-17(13-22(20)28-11-5-2)24-23(25)12-16-15-29-21-14-18(26-3)7-8-19(16)21/h6-9,13-15H,4-5,10-12H2,1-3H3,(H,24,25). The summed E-state index contributed by atoms with van der Waals surface area (Å²) in [6.07, 6.45) is 3.62. The molecule has 29 heavy (non-hydrogen) atoms. The van der Waals surface area contributed by atoms with E-state index in [0.717, 1.165) is 23.8 Å². The summed E-state index contributed by atoms with van der Waals surface area (Å²) in [5.74, 6) is 1.91. The number of nitrogens with one attached hydrogen (secondary N) is 1. The summed E-state index contributed by atoms with van der Waals surface area (Å²) in [7, 11) is 1.61. The molecule has 0 unspecified atom stereocenters. The second-order valence-corrected chi connectivity index (χ2v) is 6.71. The molecule has 3 aromatic rings. The largest absolute Gasteiger partial charge is 0.497 e. The molecule has 6 nitrogen and oxygen atoms in total. The molecule has 0 aliphatic carbocycles. The zero-order valence-corrected chi connectivity index (χ0v) is 17.1. The van der Waals surface area contributed by atoms with Crippen molar-refractivity contribution in [1.82, 2.24) is 0 Å². The Hall–Kier alpha value is -3.15. The third-order valence-corrected chi connectivity index (χ3v) is 4.36.